The van der Waals surface area contributed by atoms with E-state index in [4.69, 9.17) is 19.9 Å². The predicted octanol–water partition coefficient (Wildman–Crippen LogP) is 15.2. The molecule has 12 aromatic rings. The summed E-state index contributed by atoms with van der Waals surface area (Å²) in [5, 5.41) is 42.0. The van der Waals surface area contributed by atoms with Crippen LogP contribution in [-0.2, 0) is 0 Å². The molecule has 0 aliphatic heterocycles. The van der Waals surface area contributed by atoms with E-state index in [9.17, 15) is 21.0 Å². The average Bonchev–Trinajstić information content (AvgIpc) is 3.82. The molecule has 75 heavy (non-hydrogen) atoms. The quantitative estimate of drug-likeness (QED) is 0.139. The molecule has 346 valence electrons. The average molecular weight is 956 g/mol. The number of hydrogen-bond donors (Lipinski definition) is 0. The minimum Gasteiger partial charge on any atom is -0.309 e. The van der Waals surface area contributed by atoms with Gasteiger partial charge in [-0.25, -0.2) is 19.9 Å². The SMILES string of the molecule is N#Cc1cc(C#N)cc(-c2ccc3c4ccc(-c5cc(C#N)cc(C#N)c5)cc4n(-c4ccc(-c5nc(-c6ccccc6)cc(-c6ccccc6)n5)cc4-c4cc(-c5ccccc5)nc(-c5ccccc5)n4)c3c2)c1. The van der Waals surface area contributed by atoms with Gasteiger partial charge in [-0.15, -0.1) is 0 Å². The molecule has 3 aromatic heterocycles. The van der Waals surface area contributed by atoms with E-state index in [-0.39, 0.29) is 0 Å². The largest absolute Gasteiger partial charge is 0.309 e. The molecular weight excluding hydrogens is 919 g/mol. The second kappa shape index (κ2) is 19.2. The van der Waals surface area contributed by atoms with E-state index in [2.05, 4.69) is 65.2 Å². The number of hydrogen-bond acceptors (Lipinski definition) is 8. The fraction of sp³-hybridized carbons (Fsp3) is 0. The molecule has 0 fully saturated rings. The summed E-state index contributed by atoms with van der Waals surface area (Å²) in [7, 11) is 0. The van der Waals surface area contributed by atoms with E-state index in [1.807, 2.05) is 152 Å². The van der Waals surface area contributed by atoms with Crippen molar-refractivity contribution in [1.29, 1.82) is 21.0 Å². The van der Waals surface area contributed by atoms with Crippen molar-refractivity contribution in [3.05, 3.63) is 247 Å². The molecule has 0 aliphatic carbocycles. The minimum absolute atomic E-state index is 0.379. The molecule has 9 nitrogen and oxygen atoms in total. The topological polar surface area (TPSA) is 152 Å². The van der Waals surface area contributed by atoms with Gasteiger partial charge in [0.05, 0.1) is 86.0 Å². The van der Waals surface area contributed by atoms with Gasteiger partial charge in [0.1, 0.15) is 0 Å². The molecule has 0 saturated carbocycles. The van der Waals surface area contributed by atoms with Crippen LogP contribution in [0.15, 0.2) is 224 Å². The Hall–Kier alpha value is -11.1. The Morgan fingerprint density at radius 2 is 0.640 bits per heavy atom. The summed E-state index contributed by atoms with van der Waals surface area (Å²) in [5.41, 5.74) is 15.1. The minimum atomic E-state index is 0.379. The molecule has 0 aliphatic rings. The van der Waals surface area contributed by atoms with Crippen LogP contribution in [0.3, 0.4) is 0 Å². The lowest BCUT2D eigenvalue weighted by molar-refractivity contribution is 1.14. The van der Waals surface area contributed by atoms with Crippen molar-refractivity contribution >= 4 is 21.8 Å². The fourth-order valence-corrected chi connectivity index (χ4v) is 9.71. The van der Waals surface area contributed by atoms with Gasteiger partial charge >= 0.3 is 0 Å². The van der Waals surface area contributed by atoms with Crippen molar-refractivity contribution in [1.82, 2.24) is 24.5 Å². The normalized spacial score (nSPS) is 10.9. The highest BCUT2D eigenvalue weighted by atomic mass is 15.0. The lowest BCUT2D eigenvalue weighted by Crippen LogP contribution is -2.02. The van der Waals surface area contributed by atoms with Crippen molar-refractivity contribution in [3.8, 4) is 120 Å². The highest BCUT2D eigenvalue weighted by Gasteiger charge is 2.22. The Morgan fingerprint density at radius 3 is 1.05 bits per heavy atom. The van der Waals surface area contributed by atoms with Crippen LogP contribution in [0.2, 0.25) is 0 Å². The first-order valence-corrected chi connectivity index (χ1v) is 24.1. The van der Waals surface area contributed by atoms with Crippen LogP contribution >= 0.6 is 0 Å². The fourth-order valence-electron chi connectivity index (χ4n) is 9.71. The molecule has 0 N–H and O–H groups in total. The number of aromatic nitrogens is 5. The monoisotopic (exact) mass is 955 g/mol. The zero-order chi connectivity index (χ0) is 50.8. The van der Waals surface area contributed by atoms with Gasteiger partial charge in [-0.3, -0.25) is 0 Å². The van der Waals surface area contributed by atoms with Crippen LogP contribution in [0.1, 0.15) is 22.3 Å². The molecular formula is C66H37N9. The first kappa shape index (κ1) is 45.1. The van der Waals surface area contributed by atoms with Crippen LogP contribution in [0.5, 0.6) is 0 Å². The highest BCUT2D eigenvalue weighted by molar-refractivity contribution is 6.12. The van der Waals surface area contributed by atoms with Crippen LogP contribution < -0.4 is 0 Å². The molecule has 0 spiro atoms. The summed E-state index contributed by atoms with van der Waals surface area (Å²) < 4.78 is 2.22. The maximum absolute atomic E-state index is 10.0. The summed E-state index contributed by atoms with van der Waals surface area (Å²) in [6.07, 6.45) is 0. The smallest absolute Gasteiger partial charge is 0.160 e. The van der Waals surface area contributed by atoms with Crippen molar-refractivity contribution in [2.75, 3.05) is 0 Å². The molecule has 0 radical (unpaired) electrons. The number of rotatable bonds is 9. The Balaban J connectivity index is 1.19. The summed E-state index contributed by atoms with van der Waals surface area (Å²) >= 11 is 0. The third-order valence-electron chi connectivity index (χ3n) is 13.3. The molecule has 0 bridgehead atoms. The zero-order valence-electron chi connectivity index (χ0n) is 39.9. The summed E-state index contributed by atoms with van der Waals surface area (Å²) in [5.74, 6) is 1.06. The Kier molecular flexibility index (Phi) is 11.6. The predicted molar refractivity (Wildman–Crippen MR) is 294 cm³/mol. The van der Waals surface area contributed by atoms with Crippen LogP contribution in [-0.4, -0.2) is 24.5 Å². The number of benzene rings is 9. The Labute approximate surface area is 432 Å². The number of nitrogens with zero attached hydrogens (tertiary/aromatic N) is 9. The maximum Gasteiger partial charge on any atom is 0.160 e. The van der Waals surface area contributed by atoms with E-state index < -0.39 is 0 Å². The van der Waals surface area contributed by atoms with Crippen molar-refractivity contribution < 1.29 is 0 Å². The van der Waals surface area contributed by atoms with E-state index in [0.717, 1.165) is 100 Å². The number of fused-ring (bicyclic) bond motifs is 3. The Morgan fingerprint density at radius 1 is 0.280 bits per heavy atom. The molecule has 9 heteroatoms. The van der Waals surface area contributed by atoms with E-state index in [1.54, 1.807) is 36.4 Å². The van der Waals surface area contributed by atoms with E-state index in [0.29, 0.717) is 39.6 Å². The molecule has 0 atom stereocenters. The lowest BCUT2D eigenvalue weighted by Gasteiger charge is -2.18. The van der Waals surface area contributed by atoms with Crippen LogP contribution in [0.25, 0.3) is 118 Å². The van der Waals surface area contributed by atoms with E-state index in [1.165, 1.54) is 0 Å². The van der Waals surface area contributed by atoms with Crippen LogP contribution in [0.4, 0.5) is 0 Å². The second-order valence-corrected chi connectivity index (χ2v) is 18.0. The molecule has 0 saturated heterocycles. The lowest BCUT2D eigenvalue weighted by atomic mass is 9.98. The molecule has 0 amide bonds. The first-order valence-electron chi connectivity index (χ1n) is 24.1. The van der Waals surface area contributed by atoms with Gasteiger partial charge < -0.3 is 4.57 Å². The molecule has 12 rings (SSSR count). The summed E-state index contributed by atoms with van der Waals surface area (Å²) in [4.78, 5) is 21.1. The van der Waals surface area contributed by atoms with Gasteiger partial charge in [0.2, 0.25) is 0 Å². The van der Waals surface area contributed by atoms with Crippen LogP contribution in [0, 0.1) is 45.3 Å². The zero-order valence-corrected chi connectivity index (χ0v) is 39.9. The molecule has 3 heterocycles. The van der Waals surface area contributed by atoms with Gasteiger partial charge in [-0.05, 0) is 101 Å². The third kappa shape index (κ3) is 8.68. The number of nitriles is 4. The van der Waals surface area contributed by atoms with E-state index >= 15 is 0 Å². The third-order valence-corrected chi connectivity index (χ3v) is 13.3. The first-order chi connectivity index (χ1) is 36.9. The van der Waals surface area contributed by atoms with Gasteiger partial charge in [0.15, 0.2) is 11.6 Å². The molecule has 9 aromatic carbocycles. The van der Waals surface area contributed by atoms with Gasteiger partial charge in [0.25, 0.3) is 0 Å². The molecule has 0 unspecified atom stereocenters. The van der Waals surface area contributed by atoms with Crippen molar-refractivity contribution in [2.24, 2.45) is 0 Å². The van der Waals surface area contributed by atoms with Crippen molar-refractivity contribution in [3.63, 3.8) is 0 Å². The van der Waals surface area contributed by atoms with Gasteiger partial charge in [0, 0.05) is 44.2 Å². The Bertz CT molecular complexity index is 4070. The standard InChI is InChI=1S/C66H37N9/c67-38-42-27-43(39-68)30-53(29-42)50-21-24-55-56-25-22-51(54-31-44(40-69)28-45(32-54)41-70)35-64(56)75(63(55)34-50)62-26-23-52(66-72-58(46-13-5-1-6-14-46)36-59(73-66)47-15-7-2-8-16-47)33-57(62)61-37-60(48-17-9-3-10-18-48)71-65(74-61)49-19-11-4-12-20-49/h1-37H. The highest BCUT2D eigenvalue weighted by Crippen LogP contribution is 2.42. The maximum atomic E-state index is 10.0. The van der Waals surface area contributed by atoms with Crippen molar-refractivity contribution in [2.45, 2.75) is 0 Å². The second-order valence-electron chi connectivity index (χ2n) is 18.0. The summed E-state index contributed by atoms with van der Waals surface area (Å²) in [6, 6.07) is 82.1. The van der Waals surface area contributed by atoms with Gasteiger partial charge in [-0.1, -0.05) is 146 Å². The summed E-state index contributed by atoms with van der Waals surface area (Å²) in [6.45, 7) is 0. The van der Waals surface area contributed by atoms with Gasteiger partial charge in [-0.2, -0.15) is 21.0 Å².